The molecule has 0 radical (unpaired) electrons. The van der Waals surface area contributed by atoms with E-state index in [2.05, 4.69) is 12.2 Å². The molecule has 0 aromatic carbocycles. The van der Waals surface area contributed by atoms with Gasteiger partial charge in [0.2, 0.25) is 0 Å². The molecule has 0 amide bonds. The Hall–Kier alpha value is -0.570. The fourth-order valence-corrected chi connectivity index (χ4v) is 1.64. The van der Waals surface area contributed by atoms with Gasteiger partial charge in [0.05, 0.1) is 13.2 Å². The highest BCUT2D eigenvalue weighted by Gasteiger charge is 2.20. The van der Waals surface area contributed by atoms with Gasteiger partial charge in [-0.25, -0.2) is 0 Å². The minimum atomic E-state index is -0.101. The lowest BCUT2D eigenvalue weighted by molar-refractivity contribution is -0.142. The van der Waals surface area contributed by atoms with Crippen LogP contribution in [0.4, 0.5) is 0 Å². The van der Waals surface area contributed by atoms with Crippen LogP contribution in [-0.4, -0.2) is 25.7 Å². The van der Waals surface area contributed by atoms with Crippen LogP contribution in [0.15, 0.2) is 0 Å². The van der Waals surface area contributed by atoms with Crippen LogP contribution in [-0.2, 0) is 9.53 Å². The summed E-state index contributed by atoms with van der Waals surface area (Å²) >= 11 is 0. The number of carbonyl (C=O) groups is 1. The largest absolute Gasteiger partial charge is 0.465 e. The summed E-state index contributed by atoms with van der Waals surface area (Å²) in [6, 6.07) is 0. The molecule has 1 aliphatic carbocycles. The number of hydrogen-bond donors (Lipinski definition) is 1. The molecular weight excluding hydrogens is 202 g/mol. The van der Waals surface area contributed by atoms with Crippen LogP contribution >= 0.6 is 0 Å². The molecule has 1 fully saturated rings. The van der Waals surface area contributed by atoms with E-state index in [0.717, 1.165) is 18.9 Å². The summed E-state index contributed by atoms with van der Waals surface area (Å²) in [6.45, 7) is 4.15. The average molecular weight is 227 g/mol. The number of nitrogens with one attached hydrogen (secondary N) is 1. The quantitative estimate of drug-likeness (QED) is 0.460. The minimum absolute atomic E-state index is 0.101. The third-order valence-electron chi connectivity index (χ3n) is 2.91. The maximum atomic E-state index is 11.2. The Labute approximate surface area is 98.9 Å². The van der Waals surface area contributed by atoms with Crippen molar-refractivity contribution in [2.75, 3.05) is 19.7 Å². The molecule has 0 aliphatic heterocycles. The predicted molar refractivity (Wildman–Crippen MR) is 65.3 cm³/mol. The van der Waals surface area contributed by atoms with Crippen molar-refractivity contribution < 1.29 is 9.53 Å². The van der Waals surface area contributed by atoms with Crippen molar-refractivity contribution in [1.29, 1.82) is 0 Å². The molecule has 0 aromatic rings. The van der Waals surface area contributed by atoms with Crippen molar-refractivity contribution in [3.05, 3.63) is 0 Å². The fraction of sp³-hybridized carbons (Fsp3) is 0.923. The SMILES string of the molecule is CCCCCCCOC(=O)CNCC1CC1. The number of esters is 1. The van der Waals surface area contributed by atoms with E-state index >= 15 is 0 Å². The second-order valence-corrected chi connectivity index (χ2v) is 4.71. The van der Waals surface area contributed by atoms with E-state index in [1.54, 1.807) is 0 Å². The van der Waals surface area contributed by atoms with Crippen molar-refractivity contribution in [2.45, 2.75) is 51.9 Å². The lowest BCUT2D eigenvalue weighted by Crippen LogP contribution is -2.26. The van der Waals surface area contributed by atoms with Gasteiger partial charge < -0.3 is 10.1 Å². The predicted octanol–water partition coefficient (Wildman–Crippen LogP) is 2.50. The molecule has 16 heavy (non-hydrogen) atoms. The van der Waals surface area contributed by atoms with Gasteiger partial charge in [0, 0.05) is 0 Å². The summed E-state index contributed by atoms with van der Waals surface area (Å²) in [7, 11) is 0. The second kappa shape index (κ2) is 8.57. The lowest BCUT2D eigenvalue weighted by Gasteiger charge is -2.05. The smallest absolute Gasteiger partial charge is 0.319 e. The molecule has 0 unspecified atom stereocenters. The Bertz CT molecular complexity index is 190. The summed E-state index contributed by atoms with van der Waals surface area (Å²) in [4.78, 5) is 11.2. The molecule has 3 heteroatoms. The number of hydrogen-bond acceptors (Lipinski definition) is 3. The van der Waals surface area contributed by atoms with Gasteiger partial charge in [0.1, 0.15) is 0 Å². The topological polar surface area (TPSA) is 38.3 Å². The van der Waals surface area contributed by atoms with Crippen molar-refractivity contribution in [3.8, 4) is 0 Å². The first kappa shape index (κ1) is 13.5. The van der Waals surface area contributed by atoms with Gasteiger partial charge >= 0.3 is 5.97 Å². The third kappa shape index (κ3) is 7.69. The average Bonchev–Trinajstić information content (AvgIpc) is 3.07. The molecule has 1 rings (SSSR count). The zero-order chi connectivity index (χ0) is 11.6. The molecule has 1 N–H and O–H groups in total. The minimum Gasteiger partial charge on any atom is -0.465 e. The third-order valence-corrected chi connectivity index (χ3v) is 2.91. The van der Waals surface area contributed by atoms with E-state index in [-0.39, 0.29) is 5.97 Å². The highest BCUT2D eigenvalue weighted by Crippen LogP contribution is 2.27. The molecule has 94 valence electrons. The normalized spacial score (nSPS) is 15.1. The van der Waals surface area contributed by atoms with Crippen molar-refractivity contribution in [1.82, 2.24) is 5.32 Å². The van der Waals surface area contributed by atoms with Gasteiger partial charge in [-0.3, -0.25) is 4.79 Å². The van der Waals surface area contributed by atoms with E-state index in [0.29, 0.717) is 13.2 Å². The van der Waals surface area contributed by atoms with E-state index in [9.17, 15) is 4.79 Å². The highest BCUT2D eigenvalue weighted by molar-refractivity contribution is 5.71. The molecule has 0 atom stereocenters. The zero-order valence-electron chi connectivity index (χ0n) is 10.5. The van der Waals surface area contributed by atoms with Gasteiger partial charge in [0.15, 0.2) is 0 Å². The van der Waals surface area contributed by atoms with Crippen LogP contribution in [0.3, 0.4) is 0 Å². The van der Waals surface area contributed by atoms with Crippen molar-refractivity contribution >= 4 is 5.97 Å². The Kier molecular flexibility index (Phi) is 7.23. The van der Waals surface area contributed by atoms with Gasteiger partial charge in [-0.15, -0.1) is 0 Å². The molecule has 0 bridgehead atoms. The Morgan fingerprint density at radius 3 is 2.69 bits per heavy atom. The number of unbranched alkanes of at least 4 members (excludes halogenated alkanes) is 4. The first-order valence-electron chi connectivity index (χ1n) is 6.69. The van der Waals surface area contributed by atoms with Gasteiger partial charge in [-0.05, 0) is 31.7 Å². The number of carbonyl (C=O) groups excluding carboxylic acids is 1. The maximum Gasteiger partial charge on any atom is 0.319 e. The van der Waals surface area contributed by atoms with Crippen LogP contribution in [0, 0.1) is 5.92 Å². The fourth-order valence-electron chi connectivity index (χ4n) is 1.64. The molecule has 1 aliphatic rings. The van der Waals surface area contributed by atoms with E-state index in [4.69, 9.17) is 4.74 Å². The summed E-state index contributed by atoms with van der Waals surface area (Å²) in [5.74, 6) is 0.720. The van der Waals surface area contributed by atoms with Crippen LogP contribution in [0.2, 0.25) is 0 Å². The van der Waals surface area contributed by atoms with Crippen molar-refractivity contribution in [3.63, 3.8) is 0 Å². The van der Waals surface area contributed by atoms with Gasteiger partial charge in [-0.1, -0.05) is 32.6 Å². The zero-order valence-corrected chi connectivity index (χ0v) is 10.5. The van der Waals surface area contributed by atoms with Crippen LogP contribution in [0.1, 0.15) is 51.9 Å². The first-order chi connectivity index (χ1) is 7.83. The molecule has 3 nitrogen and oxygen atoms in total. The first-order valence-corrected chi connectivity index (χ1v) is 6.69. The van der Waals surface area contributed by atoms with Gasteiger partial charge in [0.25, 0.3) is 0 Å². The maximum absolute atomic E-state index is 11.2. The van der Waals surface area contributed by atoms with E-state index in [1.807, 2.05) is 0 Å². The monoisotopic (exact) mass is 227 g/mol. The van der Waals surface area contributed by atoms with E-state index in [1.165, 1.54) is 38.5 Å². The summed E-state index contributed by atoms with van der Waals surface area (Å²) in [5, 5.41) is 3.13. The van der Waals surface area contributed by atoms with Crippen LogP contribution in [0.25, 0.3) is 0 Å². The second-order valence-electron chi connectivity index (χ2n) is 4.71. The highest BCUT2D eigenvalue weighted by atomic mass is 16.5. The van der Waals surface area contributed by atoms with Crippen molar-refractivity contribution in [2.24, 2.45) is 5.92 Å². The van der Waals surface area contributed by atoms with Crippen LogP contribution < -0.4 is 5.32 Å². The number of ether oxygens (including phenoxy) is 1. The summed E-state index contributed by atoms with van der Waals surface area (Å²) < 4.78 is 5.12. The molecule has 0 spiro atoms. The lowest BCUT2D eigenvalue weighted by atomic mass is 10.2. The number of rotatable bonds is 10. The Morgan fingerprint density at radius 2 is 2.00 bits per heavy atom. The Morgan fingerprint density at radius 1 is 1.25 bits per heavy atom. The molecular formula is C13H25NO2. The molecule has 0 saturated heterocycles. The Balaban J connectivity index is 1.78. The van der Waals surface area contributed by atoms with E-state index < -0.39 is 0 Å². The molecule has 0 aromatic heterocycles. The molecule has 1 saturated carbocycles. The molecule has 0 heterocycles. The standard InChI is InChI=1S/C13H25NO2/c1-2-3-4-5-6-9-16-13(15)11-14-10-12-7-8-12/h12,14H,2-11H2,1H3. The van der Waals surface area contributed by atoms with Crippen LogP contribution in [0.5, 0.6) is 0 Å². The van der Waals surface area contributed by atoms with Gasteiger partial charge in [-0.2, -0.15) is 0 Å². The summed E-state index contributed by atoms with van der Waals surface area (Å²) in [6.07, 6.45) is 8.62. The summed E-state index contributed by atoms with van der Waals surface area (Å²) in [5.41, 5.74) is 0.